The highest BCUT2D eigenvalue weighted by Gasteiger charge is 2.33. The topological polar surface area (TPSA) is 40.5 Å². The van der Waals surface area contributed by atoms with Crippen molar-refractivity contribution in [3.8, 4) is 11.5 Å². The molecule has 180 valence electrons. The van der Waals surface area contributed by atoms with E-state index in [0.717, 1.165) is 16.7 Å². The first kappa shape index (κ1) is 24.6. The summed E-state index contributed by atoms with van der Waals surface area (Å²) in [6.45, 7) is 14.9. The van der Waals surface area contributed by atoms with Gasteiger partial charge in [-0.2, -0.15) is 0 Å². The molecule has 0 heterocycles. The fourth-order valence-corrected chi connectivity index (χ4v) is 4.95. The first-order valence-corrected chi connectivity index (χ1v) is 12.2. The van der Waals surface area contributed by atoms with Gasteiger partial charge in [0.1, 0.15) is 11.5 Å². The summed E-state index contributed by atoms with van der Waals surface area (Å²) in [5.74, 6) is 0.644. The van der Waals surface area contributed by atoms with E-state index in [4.69, 9.17) is 0 Å². The normalized spacial score (nSPS) is 13.5. The van der Waals surface area contributed by atoms with Crippen molar-refractivity contribution in [1.82, 2.24) is 0 Å². The fraction of sp³-hybridized carbons (Fsp3) is 0.273. The molecule has 1 unspecified atom stereocenters. The molecule has 0 spiro atoms. The van der Waals surface area contributed by atoms with Gasteiger partial charge in [-0.25, -0.2) is 0 Å². The number of hydrogen-bond acceptors (Lipinski definition) is 2. The quantitative estimate of drug-likeness (QED) is 0.294. The van der Waals surface area contributed by atoms with Crippen LogP contribution in [0.5, 0.6) is 11.5 Å². The van der Waals surface area contributed by atoms with Gasteiger partial charge < -0.3 is 10.2 Å². The Morgan fingerprint density at radius 3 is 1.34 bits per heavy atom. The van der Waals surface area contributed by atoms with Gasteiger partial charge in [0.25, 0.3) is 0 Å². The minimum absolute atomic E-state index is 0.205. The van der Waals surface area contributed by atoms with Crippen LogP contribution < -0.4 is 0 Å². The molecule has 0 aliphatic rings. The standard InChI is InChI=1S/C33H36O2/c1-21-8-9-28(18-22(21)2)33(7,29-15-17-31(35)24(4)20-29)26-12-10-25(11-13-26)32(5,6)27-14-16-30(34)23(3)19-27/h8-20,34-35H,1-7H3. The van der Waals surface area contributed by atoms with E-state index in [-0.39, 0.29) is 10.8 Å². The zero-order valence-electron chi connectivity index (χ0n) is 21.9. The molecule has 2 heteroatoms. The summed E-state index contributed by atoms with van der Waals surface area (Å²) in [4.78, 5) is 0. The molecule has 4 aromatic rings. The Morgan fingerprint density at radius 2 is 0.829 bits per heavy atom. The van der Waals surface area contributed by atoms with Crippen molar-refractivity contribution < 1.29 is 10.2 Å². The van der Waals surface area contributed by atoms with Crippen LogP contribution in [-0.2, 0) is 10.8 Å². The van der Waals surface area contributed by atoms with E-state index >= 15 is 0 Å². The van der Waals surface area contributed by atoms with Crippen LogP contribution in [-0.4, -0.2) is 10.2 Å². The fourth-order valence-electron chi connectivity index (χ4n) is 4.95. The number of phenolic OH excluding ortho intramolecular Hbond substituents is 2. The average Bonchev–Trinajstić information content (AvgIpc) is 2.83. The van der Waals surface area contributed by atoms with Gasteiger partial charge in [-0.3, -0.25) is 0 Å². The Hall–Kier alpha value is -3.52. The molecule has 0 fully saturated rings. The monoisotopic (exact) mass is 464 g/mol. The molecule has 0 radical (unpaired) electrons. The lowest BCUT2D eigenvalue weighted by Gasteiger charge is -2.34. The Labute approximate surface area is 209 Å². The number of phenols is 2. The smallest absolute Gasteiger partial charge is 0.118 e. The molecule has 2 nitrogen and oxygen atoms in total. The molecular formula is C33H36O2. The summed E-state index contributed by atoms with van der Waals surface area (Å²) in [5, 5.41) is 20.2. The minimum Gasteiger partial charge on any atom is -0.508 e. The second-order valence-electron chi connectivity index (χ2n) is 10.6. The van der Waals surface area contributed by atoms with Gasteiger partial charge >= 0.3 is 0 Å². The molecule has 1 atom stereocenters. The van der Waals surface area contributed by atoms with Crippen molar-refractivity contribution in [3.63, 3.8) is 0 Å². The van der Waals surface area contributed by atoms with Gasteiger partial charge in [0.2, 0.25) is 0 Å². The molecule has 0 saturated heterocycles. The number of aromatic hydroxyl groups is 2. The molecule has 35 heavy (non-hydrogen) atoms. The van der Waals surface area contributed by atoms with E-state index in [2.05, 4.69) is 89.2 Å². The van der Waals surface area contributed by atoms with Crippen molar-refractivity contribution in [2.45, 2.75) is 59.3 Å². The van der Waals surface area contributed by atoms with Crippen LogP contribution in [0.4, 0.5) is 0 Å². The van der Waals surface area contributed by atoms with Crippen LogP contribution in [0.25, 0.3) is 0 Å². The Bertz CT molecular complexity index is 1330. The SMILES string of the molecule is Cc1ccc(C(C)(c2ccc(C(C)(C)c3ccc(O)c(C)c3)cc2)c2ccc(O)c(C)c2)cc1C. The van der Waals surface area contributed by atoms with Crippen molar-refractivity contribution in [2.24, 2.45) is 0 Å². The van der Waals surface area contributed by atoms with E-state index in [0.29, 0.717) is 11.5 Å². The van der Waals surface area contributed by atoms with E-state index in [1.165, 1.54) is 33.4 Å². The second kappa shape index (κ2) is 8.92. The van der Waals surface area contributed by atoms with E-state index < -0.39 is 0 Å². The lowest BCUT2D eigenvalue weighted by atomic mass is 9.69. The van der Waals surface area contributed by atoms with Crippen molar-refractivity contribution in [1.29, 1.82) is 0 Å². The first-order valence-electron chi connectivity index (χ1n) is 12.2. The predicted octanol–water partition coefficient (Wildman–Crippen LogP) is 8.01. The van der Waals surface area contributed by atoms with E-state index in [1.54, 1.807) is 12.1 Å². The van der Waals surface area contributed by atoms with Crippen LogP contribution >= 0.6 is 0 Å². The third kappa shape index (κ3) is 4.34. The van der Waals surface area contributed by atoms with Crippen LogP contribution in [0.15, 0.2) is 78.9 Å². The lowest BCUT2D eigenvalue weighted by Crippen LogP contribution is -2.26. The molecular weight excluding hydrogens is 428 g/mol. The molecule has 0 saturated carbocycles. The van der Waals surface area contributed by atoms with Crippen LogP contribution in [0, 0.1) is 27.7 Å². The molecule has 4 rings (SSSR count). The highest BCUT2D eigenvalue weighted by Crippen LogP contribution is 2.42. The maximum Gasteiger partial charge on any atom is 0.118 e. The van der Waals surface area contributed by atoms with E-state index in [1.807, 2.05) is 26.0 Å². The van der Waals surface area contributed by atoms with Gasteiger partial charge in [-0.05, 0) is 96.8 Å². The summed E-state index contributed by atoms with van der Waals surface area (Å²) in [6.07, 6.45) is 0. The first-order chi connectivity index (χ1) is 16.4. The maximum absolute atomic E-state index is 10.2. The Kier molecular flexibility index (Phi) is 6.27. The summed E-state index contributed by atoms with van der Waals surface area (Å²) in [6, 6.07) is 27.4. The molecule has 0 bridgehead atoms. The Balaban J connectivity index is 1.84. The molecule has 0 amide bonds. The third-order valence-corrected chi connectivity index (χ3v) is 7.96. The predicted molar refractivity (Wildman–Crippen MR) is 146 cm³/mol. The molecule has 4 aromatic carbocycles. The third-order valence-electron chi connectivity index (χ3n) is 7.96. The lowest BCUT2D eigenvalue weighted by molar-refractivity contribution is 0.469. The van der Waals surface area contributed by atoms with Crippen molar-refractivity contribution in [3.05, 3.63) is 129 Å². The highest BCUT2D eigenvalue weighted by molar-refractivity contribution is 5.54. The minimum atomic E-state index is -0.380. The number of benzene rings is 4. The van der Waals surface area contributed by atoms with Gasteiger partial charge in [-0.15, -0.1) is 0 Å². The number of hydrogen-bond donors (Lipinski definition) is 2. The Morgan fingerprint density at radius 1 is 0.429 bits per heavy atom. The molecule has 2 N–H and O–H groups in total. The number of aryl methyl sites for hydroxylation is 4. The summed E-state index contributed by atoms with van der Waals surface area (Å²) in [5.41, 5.74) is 9.69. The molecule has 0 aromatic heterocycles. The summed E-state index contributed by atoms with van der Waals surface area (Å²) in [7, 11) is 0. The summed E-state index contributed by atoms with van der Waals surface area (Å²) >= 11 is 0. The molecule has 0 aliphatic heterocycles. The zero-order valence-corrected chi connectivity index (χ0v) is 21.9. The largest absolute Gasteiger partial charge is 0.508 e. The van der Waals surface area contributed by atoms with Crippen molar-refractivity contribution in [2.75, 3.05) is 0 Å². The van der Waals surface area contributed by atoms with Gasteiger partial charge in [0.15, 0.2) is 0 Å². The van der Waals surface area contributed by atoms with E-state index in [9.17, 15) is 10.2 Å². The van der Waals surface area contributed by atoms with Crippen molar-refractivity contribution >= 4 is 0 Å². The molecule has 0 aliphatic carbocycles. The van der Waals surface area contributed by atoms with Gasteiger partial charge in [-0.1, -0.05) is 80.6 Å². The van der Waals surface area contributed by atoms with Gasteiger partial charge in [0.05, 0.1) is 0 Å². The summed E-state index contributed by atoms with van der Waals surface area (Å²) < 4.78 is 0. The van der Waals surface area contributed by atoms with Crippen LogP contribution in [0.1, 0.15) is 70.8 Å². The van der Waals surface area contributed by atoms with Gasteiger partial charge in [0, 0.05) is 10.8 Å². The second-order valence-corrected chi connectivity index (χ2v) is 10.6. The zero-order chi connectivity index (χ0) is 25.5. The highest BCUT2D eigenvalue weighted by atomic mass is 16.3. The maximum atomic E-state index is 10.2. The number of rotatable bonds is 5. The van der Waals surface area contributed by atoms with Crippen LogP contribution in [0.3, 0.4) is 0 Å². The van der Waals surface area contributed by atoms with Crippen LogP contribution in [0.2, 0.25) is 0 Å². The average molecular weight is 465 g/mol.